The number of anilines is 1. The number of hydrogen-bond acceptors (Lipinski definition) is 3. The van der Waals surface area contributed by atoms with Gasteiger partial charge in [0.1, 0.15) is 0 Å². The first-order valence-electron chi connectivity index (χ1n) is 8.06. The first-order valence-corrected chi connectivity index (χ1v) is 9.50. The number of fused-ring (bicyclic) bond motifs is 1. The summed E-state index contributed by atoms with van der Waals surface area (Å²) >= 11 is 0. The molecule has 0 atom stereocenters. The molecule has 0 aliphatic heterocycles. The maximum atomic E-state index is 13.2. The number of aromatic amines is 1. The molecule has 3 rings (SSSR count). The second-order valence-electron chi connectivity index (χ2n) is 5.98. The number of nitrogens with one attached hydrogen (secondary N) is 1. The lowest BCUT2D eigenvalue weighted by atomic mass is 10.1. The van der Waals surface area contributed by atoms with Gasteiger partial charge in [-0.05, 0) is 56.2 Å². The van der Waals surface area contributed by atoms with Crippen molar-refractivity contribution in [3.63, 3.8) is 0 Å². The molecular formula is C19H20N2O3S. The molecule has 1 aromatic heterocycles. The molecule has 1 heterocycles. The topological polar surface area (TPSA) is 70.2 Å². The normalized spacial score (nSPS) is 11.6. The van der Waals surface area contributed by atoms with Crippen LogP contribution >= 0.6 is 0 Å². The Morgan fingerprint density at radius 1 is 1.00 bits per heavy atom. The highest BCUT2D eigenvalue weighted by Gasteiger charge is 2.24. The second-order valence-corrected chi connectivity index (χ2v) is 7.85. The van der Waals surface area contributed by atoms with Crippen molar-refractivity contribution in [1.82, 2.24) is 4.98 Å². The molecule has 0 saturated heterocycles. The van der Waals surface area contributed by atoms with Gasteiger partial charge in [-0.15, -0.1) is 0 Å². The molecule has 0 aliphatic carbocycles. The summed E-state index contributed by atoms with van der Waals surface area (Å²) in [5.41, 5.74) is 2.58. The lowest BCUT2D eigenvalue weighted by molar-refractivity contribution is 0.592. The predicted octanol–water partition coefficient (Wildman–Crippen LogP) is 3.36. The molecule has 25 heavy (non-hydrogen) atoms. The molecule has 0 amide bonds. The fraction of sp³-hybridized carbons (Fsp3) is 0.211. The fourth-order valence-corrected chi connectivity index (χ4v) is 4.61. The van der Waals surface area contributed by atoms with Crippen LogP contribution in [0.25, 0.3) is 10.9 Å². The standard InChI is InChI=1S/C19H20N2O3S/c1-4-21(15-8-6-5-7-9-15)25(23,24)16-10-14(3)19-17(12-16)13(2)11-18(22)20-19/h5-12H,4H2,1-3H3,(H,20,22). The van der Waals surface area contributed by atoms with Gasteiger partial charge in [0.05, 0.1) is 16.1 Å². The number of sulfonamides is 1. The van der Waals surface area contributed by atoms with Crippen molar-refractivity contribution in [2.75, 3.05) is 10.8 Å². The van der Waals surface area contributed by atoms with Crippen LogP contribution in [-0.4, -0.2) is 19.9 Å². The van der Waals surface area contributed by atoms with Gasteiger partial charge in [0.25, 0.3) is 10.0 Å². The summed E-state index contributed by atoms with van der Waals surface area (Å²) in [7, 11) is -3.70. The van der Waals surface area contributed by atoms with E-state index < -0.39 is 10.0 Å². The van der Waals surface area contributed by atoms with Gasteiger partial charge in [-0.1, -0.05) is 18.2 Å². The largest absolute Gasteiger partial charge is 0.322 e. The summed E-state index contributed by atoms with van der Waals surface area (Å²) in [6.07, 6.45) is 0. The van der Waals surface area contributed by atoms with Crippen LogP contribution in [0.4, 0.5) is 5.69 Å². The summed E-state index contributed by atoms with van der Waals surface area (Å²) < 4.78 is 27.8. The Kier molecular flexibility index (Phi) is 4.39. The predicted molar refractivity (Wildman–Crippen MR) is 101 cm³/mol. The fourth-order valence-electron chi connectivity index (χ4n) is 3.03. The Morgan fingerprint density at radius 2 is 1.68 bits per heavy atom. The molecule has 0 spiro atoms. The number of aromatic nitrogens is 1. The lowest BCUT2D eigenvalue weighted by Crippen LogP contribution is -2.30. The molecule has 0 saturated carbocycles. The molecular weight excluding hydrogens is 336 g/mol. The Morgan fingerprint density at radius 3 is 2.32 bits per heavy atom. The highest BCUT2D eigenvalue weighted by molar-refractivity contribution is 7.92. The van der Waals surface area contributed by atoms with Crippen molar-refractivity contribution in [2.24, 2.45) is 0 Å². The average Bonchev–Trinajstić information content (AvgIpc) is 2.57. The molecule has 0 bridgehead atoms. The Balaban J connectivity index is 2.22. The van der Waals surface area contributed by atoms with Gasteiger partial charge in [0.2, 0.25) is 5.56 Å². The van der Waals surface area contributed by atoms with E-state index >= 15 is 0 Å². The molecule has 1 N–H and O–H groups in total. The molecule has 5 nitrogen and oxygen atoms in total. The van der Waals surface area contributed by atoms with Crippen molar-refractivity contribution >= 4 is 26.6 Å². The lowest BCUT2D eigenvalue weighted by Gasteiger charge is -2.23. The summed E-state index contributed by atoms with van der Waals surface area (Å²) in [6, 6.07) is 13.8. The van der Waals surface area contributed by atoms with E-state index in [-0.39, 0.29) is 10.5 Å². The third kappa shape index (κ3) is 3.05. The van der Waals surface area contributed by atoms with E-state index in [1.54, 1.807) is 38.1 Å². The van der Waals surface area contributed by atoms with Gasteiger partial charge in [0, 0.05) is 18.0 Å². The van der Waals surface area contributed by atoms with Crippen LogP contribution < -0.4 is 9.86 Å². The monoisotopic (exact) mass is 356 g/mol. The number of para-hydroxylation sites is 1. The van der Waals surface area contributed by atoms with Crippen molar-refractivity contribution in [3.05, 3.63) is 70.0 Å². The molecule has 6 heteroatoms. The molecule has 3 aromatic rings. The van der Waals surface area contributed by atoms with Crippen molar-refractivity contribution in [2.45, 2.75) is 25.7 Å². The number of benzene rings is 2. The zero-order chi connectivity index (χ0) is 18.2. The Bertz CT molecular complexity index is 1090. The van der Waals surface area contributed by atoms with E-state index in [0.29, 0.717) is 17.7 Å². The van der Waals surface area contributed by atoms with E-state index in [4.69, 9.17) is 0 Å². The van der Waals surface area contributed by atoms with E-state index in [2.05, 4.69) is 4.98 Å². The zero-order valence-corrected chi connectivity index (χ0v) is 15.2. The molecule has 0 aliphatic rings. The third-order valence-corrected chi connectivity index (χ3v) is 6.13. The maximum absolute atomic E-state index is 13.2. The second kappa shape index (κ2) is 6.37. The van der Waals surface area contributed by atoms with E-state index in [1.165, 1.54) is 10.4 Å². The third-order valence-electron chi connectivity index (χ3n) is 4.25. The highest BCUT2D eigenvalue weighted by atomic mass is 32.2. The summed E-state index contributed by atoms with van der Waals surface area (Å²) in [4.78, 5) is 14.7. The maximum Gasteiger partial charge on any atom is 0.264 e. The average molecular weight is 356 g/mol. The van der Waals surface area contributed by atoms with E-state index in [0.717, 1.165) is 16.5 Å². The minimum Gasteiger partial charge on any atom is -0.322 e. The summed E-state index contributed by atoms with van der Waals surface area (Å²) in [5.74, 6) is 0. The van der Waals surface area contributed by atoms with Crippen LogP contribution in [0.1, 0.15) is 18.1 Å². The Hall–Kier alpha value is -2.60. The first-order chi connectivity index (χ1) is 11.8. The van der Waals surface area contributed by atoms with Gasteiger partial charge in [-0.2, -0.15) is 0 Å². The van der Waals surface area contributed by atoms with Crippen LogP contribution in [0.5, 0.6) is 0 Å². The number of pyridine rings is 1. The smallest absolute Gasteiger partial charge is 0.264 e. The number of hydrogen-bond donors (Lipinski definition) is 1. The van der Waals surface area contributed by atoms with Crippen LogP contribution in [0.3, 0.4) is 0 Å². The number of nitrogens with zero attached hydrogens (tertiary/aromatic N) is 1. The first kappa shape index (κ1) is 17.2. The Labute approximate surface area is 147 Å². The highest BCUT2D eigenvalue weighted by Crippen LogP contribution is 2.28. The molecule has 130 valence electrons. The number of H-pyrrole nitrogens is 1. The van der Waals surface area contributed by atoms with Gasteiger partial charge in [-0.3, -0.25) is 9.10 Å². The van der Waals surface area contributed by atoms with Crippen molar-refractivity contribution in [3.8, 4) is 0 Å². The van der Waals surface area contributed by atoms with Crippen molar-refractivity contribution in [1.29, 1.82) is 0 Å². The number of rotatable bonds is 4. The van der Waals surface area contributed by atoms with Gasteiger partial charge in [0.15, 0.2) is 0 Å². The van der Waals surface area contributed by atoms with Crippen LogP contribution in [0.15, 0.2) is 58.2 Å². The van der Waals surface area contributed by atoms with Gasteiger partial charge < -0.3 is 4.98 Å². The van der Waals surface area contributed by atoms with Gasteiger partial charge >= 0.3 is 0 Å². The SMILES string of the molecule is CCN(c1ccccc1)S(=O)(=O)c1cc(C)c2[nH]c(=O)cc(C)c2c1. The minimum absolute atomic E-state index is 0.192. The zero-order valence-electron chi connectivity index (χ0n) is 14.4. The van der Waals surface area contributed by atoms with Crippen LogP contribution in [0, 0.1) is 13.8 Å². The molecule has 0 radical (unpaired) electrons. The van der Waals surface area contributed by atoms with Crippen molar-refractivity contribution < 1.29 is 8.42 Å². The van der Waals surface area contributed by atoms with Crippen LogP contribution in [0.2, 0.25) is 0 Å². The molecule has 0 fully saturated rings. The van der Waals surface area contributed by atoms with Crippen LogP contribution in [-0.2, 0) is 10.0 Å². The summed E-state index contributed by atoms with van der Waals surface area (Å²) in [5, 5.41) is 0.738. The van der Waals surface area contributed by atoms with E-state index in [9.17, 15) is 13.2 Å². The minimum atomic E-state index is -3.70. The molecule has 0 unspecified atom stereocenters. The van der Waals surface area contributed by atoms with E-state index in [1.807, 2.05) is 25.1 Å². The molecule has 2 aromatic carbocycles. The van der Waals surface area contributed by atoms with Gasteiger partial charge in [-0.25, -0.2) is 8.42 Å². The summed E-state index contributed by atoms with van der Waals surface area (Å²) in [6.45, 7) is 5.74. The number of aryl methyl sites for hydroxylation is 2. The quantitative estimate of drug-likeness (QED) is 0.779.